The summed E-state index contributed by atoms with van der Waals surface area (Å²) in [4.78, 5) is 33.3. The lowest BCUT2D eigenvalue weighted by molar-refractivity contribution is -0.140. The van der Waals surface area contributed by atoms with Crippen molar-refractivity contribution < 1.29 is 24.2 Å². The molecule has 8 heteroatoms. The average molecular weight is 409 g/mol. The van der Waals surface area contributed by atoms with Gasteiger partial charge in [-0.3, -0.25) is 14.6 Å². The van der Waals surface area contributed by atoms with Gasteiger partial charge >= 0.3 is 0 Å². The molecule has 2 aliphatic heterocycles. The van der Waals surface area contributed by atoms with E-state index in [-0.39, 0.29) is 11.3 Å². The lowest BCUT2D eigenvalue weighted by Gasteiger charge is -2.26. The van der Waals surface area contributed by atoms with Gasteiger partial charge in [0.05, 0.1) is 11.6 Å². The van der Waals surface area contributed by atoms with Crippen LogP contribution in [-0.2, 0) is 9.59 Å². The van der Waals surface area contributed by atoms with Gasteiger partial charge in [0.1, 0.15) is 19.0 Å². The van der Waals surface area contributed by atoms with E-state index >= 15 is 0 Å². The van der Waals surface area contributed by atoms with Gasteiger partial charge in [-0.05, 0) is 43.9 Å². The smallest absolute Gasteiger partial charge is 0.295 e. The van der Waals surface area contributed by atoms with E-state index in [9.17, 15) is 14.7 Å². The van der Waals surface area contributed by atoms with Gasteiger partial charge in [0, 0.05) is 31.0 Å². The van der Waals surface area contributed by atoms with Gasteiger partial charge in [-0.2, -0.15) is 0 Å². The predicted molar refractivity (Wildman–Crippen MR) is 109 cm³/mol. The molecule has 1 aromatic carbocycles. The van der Waals surface area contributed by atoms with Crippen LogP contribution >= 0.6 is 0 Å². The number of Topliss-reactive ketones (excluding diaryl/α,β-unsaturated/α-hetero) is 1. The van der Waals surface area contributed by atoms with Crippen molar-refractivity contribution in [2.24, 2.45) is 0 Å². The normalized spacial score (nSPS) is 20.1. The standard InChI is InChI=1S/C22H23N3O5/c1-24(2)8-9-25-19(15-4-3-7-23-13-15)18(21(27)22(25)28)20(26)14-5-6-16-17(12-14)30-11-10-29-16/h3-7,12-13,19,26H,8-11H2,1-2H3/t19-/m0/s1. The topological polar surface area (TPSA) is 92.2 Å². The van der Waals surface area contributed by atoms with Crippen LogP contribution in [0.4, 0.5) is 0 Å². The number of pyridine rings is 1. The first-order chi connectivity index (χ1) is 14.5. The highest BCUT2D eigenvalue weighted by Crippen LogP contribution is 2.40. The zero-order chi connectivity index (χ0) is 21.3. The van der Waals surface area contributed by atoms with Crippen LogP contribution in [0.1, 0.15) is 17.2 Å². The maximum absolute atomic E-state index is 12.9. The summed E-state index contributed by atoms with van der Waals surface area (Å²) >= 11 is 0. The minimum atomic E-state index is -0.716. The molecule has 2 aromatic rings. The SMILES string of the molecule is CN(C)CCN1C(=O)C(=O)C(=C(O)c2ccc3c(c2)OCCO3)[C@@H]1c1cccnc1. The quantitative estimate of drug-likeness (QED) is 0.458. The highest BCUT2D eigenvalue weighted by molar-refractivity contribution is 6.46. The van der Waals surface area contributed by atoms with Crippen LogP contribution in [0.15, 0.2) is 48.3 Å². The van der Waals surface area contributed by atoms with Crippen LogP contribution in [0.3, 0.4) is 0 Å². The predicted octanol–water partition coefficient (Wildman–Crippen LogP) is 1.84. The Kier molecular flexibility index (Phi) is 5.41. The Morgan fingerprint density at radius 1 is 1.20 bits per heavy atom. The summed E-state index contributed by atoms with van der Waals surface area (Å²) in [7, 11) is 3.79. The van der Waals surface area contributed by atoms with Crippen molar-refractivity contribution in [1.82, 2.24) is 14.8 Å². The van der Waals surface area contributed by atoms with Gasteiger partial charge in [0.15, 0.2) is 11.5 Å². The first kappa shape index (κ1) is 19.9. The van der Waals surface area contributed by atoms with Gasteiger partial charge in [-0.1, -0.05) is 6.07 Å². The number of benzene rings is 1. The molecule has 30 heavy (non-hydrogen) atoms. The van der Waals surface area contributed by atoms with E-state index < -0.39 is 17.7 Å². The third-order valence-electron chi connectivity index (χ3n) is 5.14. The Hall–Kier alpha value is -3.39. The lowest BCUT2D eigenvalue weighted by Crippen LogP contribution is -2.35. The highest BCUT2D eigenvalue weighted by atomic mass is 16.6. The minimum absolute atomic E-state index is 0.0448. The maximum atomic E-state index is 12.9. The molecule has 4 rings (SSSR count). The number of likely N-dealkylation sites (tertiary alicyclic amines) is 1. The van der Waals surface area contributed by atoms with E-state index in [0.717, 1.165) is 0 Å². The fourth-order valence-corrected chi connectivity index (χ4v) is 3.65. The molecule has 8 nitrogen and oxygen atoms in total. The van der Waals surface area contributed by atoms with Crippen molar-refractivity contribution in [3.63, 3.8) is 0 Å². The van der Waals surface area contributed by atoms with Gasteiger partial charge in [-0.25, -0.2) is 0 Å². The van der Waals surface area contributed by atoms with Crippen molar-refractivity contribution in [2.75, 3.05) is 40.4 Å². The first-order valence-corrected chi connectivity index (χ1v) is 9.70. The summed E-state index contributed by atoms with van der Waals surface area (Å²) < 4.78 is 11.1. The van der Waals surface area contributed by atoms with Crippen molar-refractivity contribution in [3.05, 3.63) is 59.4 Å². The Morgan fingerprint density at radius 3 is 2.67 bits per heavy atom. The summed E-state index contributed by atoms with van der Waals surface area (Å²) in [5, 5.41) is 11.1. The molecule has 1 aromatic heterocycles. The zero-order valence-electron chi connectivity index (χ0n) is 16.9. The second kappa shape index (κ2) is 8.16. The van der Waals surface area contributed by atoms with Crippen LogP contribution in [0.25, 0.3) is 5.76 Å². The molecule has 1 saturated heterocycles. The van der Waals surface area contributed by atoms with Crippen LogP contribution < -0.4 is 9.47 Å². The second-order valence-corrected chi connectivity index (χ2v) is 7.44. The number of ketones is 1. The summed E-state index contributed by atoms with van der Waals surface area (Å²) in [5.74, 6) is -0.524. The largest absolute Gasteiger partial charge is 0.507 e. The molecule has 0 unspecified atom stereocenters. The van der Waals surface area contributed by atoms with Crippen LogP contribution in [0.2, 0.25) is 0 Å². The number of likely N-dealkylation sites (N-methyl/N-ethyl adjacent to an activating group) is 1. The van der Waals surface area contributed by atoms with Gasteiger partial charge in [0.2, 0.25) is 0 Å². The maximum Gasteiger partial charge on any atom is 0.295 e. The van der Waals surface area contributed by atoms with Gasteiger partial charge < -0.3 is 24.4 Å². The molecule has 0 saturated carbocycles. The number of amides is 1. The number of nitrogens with zero attached hydrogens (tertiary/aromatic N) is 3. The summed E-state index contributed by atoms with van der Waals surface area (Å²) in [5.41, 5.74) is 1.09. The number of aliphatic hydroxyl groups excluding tert-OH is 1. The molecule has 1 amide bonds. The fourth-order valence-electron chi connectivity index (χ4n) is 3.65. The monoisotopic (exact) mass is 409 g/mol. The molecule has 0 spiro atoms. The third-order valence-corrected chi connectivity index (χ3v) is 5.14. The van der Waals surface area contributed by atoms with Gasteiger partial charge in [-0.15, -0.1) is 0 Å². The van der Waals surface area contributed by atoms with Crippen molar-refractivity contribution in [1.29, 1.82) is 0 Å². The van der Waals surface area contributed by atoms with Crippen molar-refractivity contribution in [2.45, 2.75) is 6.04 Å². The van der Waals surface area contributed by atoms with E-state index in [4.69, 9.17) is 9.47 Å². The van der Waals surface area contributed by atoms with Gasteiger partial charge in [0.25, 0.3) is 11.7 Å². The van der Waals surface area contributed by atoms with Crippen LogP contribution in [0.5, 0.6) is 11.5 Å². The Morgan fingerprint density at radius 2 is 1.97 bits per heavy atom. The highest BCUT2D eigenvalue weighted by Gasteiger charge is 2.46. The molecule has 3 heterocycles. The molecule has 0 aliphatic carbocycles. The third kappa shape index (κ3) is 3.61. The zero-order valence-corrected chi connectivity index (χ0v) is 16.9. The molecule has 1 N–H and O–H groups in total. The number of fused-ring (bicyclic) bond motifs is 1. The average Bonchev–Trinajstić information content (AvgIpc) is 3.02. The molecular formula is C22H23N3O5. The second-order valence-electron chi connectivity index (χ2n) is 7.44. The molecule has 2 aliphatic rings. The Labute approximate surface area is 174 Å². The Bertz CT molecular complexity index is 1000. The van der Waals surface area contributed by atoms with E-state index in [1.54, 1.807) is 42.7 Å². The molecule has 156 valence electrons. The van der Waals surface area contributed by atoms with Crippen molar-refractivity contribution in [3.8, 4) is 11.5 Å². The van der Waals surface area contributed by atoms with E-state index in [0.29, 0.717) is 48.9 Å². The number of aromatic nitrogens is 1. The summed E-state index contributed by atoms with van der Waals surface area (Å²) in [6, 6.07) is 7.78. The fraction of sp³-hybridized carbons (Fsp3) is 0.318. The van der Waals surface area contributed by atoms with E-state index in [2.05, 4.69) is 4.98 Å². The van der Waals surface area contributed by atoms with Crippen LogP contribution in [0, 0.1) is 0 Å². The number of ether oxygens (including phenoxy) is 2. The summed E-state index contributed by atoms with van der Waals surface area (Å²) in [6.45, 7) is 1.78. The molecule has 1 atom stereocenters. The molecular weight excluding hydrogens is 386 g/mol. The molecule has 0 radical (unpaired) electrons. The number of carbonyl (C=O) groups is 2. The van der Waals surface area contributed by atoms with E-state index in [1.165, 1.54) is 4.90 Å². The number of carbonyl (C=O) groups excluding carboxylic acids is 2. The molecule has 1 fully saturated rings. The Balaban J connectivity index is 1.81. The summed E-state index contributed by atoms with van der Waals surface area (Å²) in [6.07, 6.45) is 3.23. The number of hydrogen-bond acceptors (Lipinski definition) is 7. The van der Waals surface area contributed by atoms with Crippen LogP contribution in [-0.4, -0.2) is 72.0 Å². The molecule has 0 bridgehead atoms. The van der Waals surface area contributed by atoms with E-state index in [1.807, 2.05) is 19.0 Å². The number of aliphatic hydroxyl groups is 1. The lowest BCUT2D eigenvalue weighted by atomic mass is 9.96. The first-order valence-electron chi connectivity index (χ1n) is 9.70. The van der Waals surface area contributed by atoms with Crippen molar-refractivity contribution >= 4 is 17.4 Å². The number of hydrogen-bond donors (Lipinski definition) is 1. The number of rotatable bonds is 5. The minimum Gasteiger partial charge on any atom is -0.507 e.